The summed E-state index contributed by atoms with van der Waals surface area (Å²) in [5, 5.41) is 11.1. The minimum Gasteiger partial charge on any atom is -0.337 e. The number of aryl methyl sites for hydroxylation is 1. The molecule has 3 N–H and O–H groups in total. The van der Waals surface area contributed by atoms with Crippen LogP contribution in [0.4, 0.5) is 11.5 Å². The third-order valence-corrected chi connectivity index (χ3v) is 6.46. The van der Waals surface area contributed by atoms with Gasteiger partial charge in [-0.05, 0) is 36.9 Å². The van der Waals surface area contributed by atoms with Gasteiger partial charge in [-0.1, -0.05) is 36.2 Å². The first kappa shape index (κ1) is 20.0. The highest BCUT2D eigenvalue weighted by molar-refractivity contribution is 6.43. The number of nitrogens with zero attached hydrogens (tertiary/aromatic N) is 5. The van der Waals surface area contributed by atoms with E-state index in [1.807, 2.05) is 0 Å². The molecule has 0 radical (unpaired) electrons. The Morgan fingerprint density at radius 1 is 1.28 bits per heavy atom. The quantitative estimate of drug-likeness (QED) is 0.653. The Hall–Kier alpha value is -2.29. The van der Waals surface area contributed by atoms with Crippen molar-refractivity contribution in [1.82, 2.24) is 19.4 Å². The summed E-state index contributed by atoms with van der Waals surface area (Å²) in [4.78, 5) is 19.1. The molecule has 3 heterocycles. The van der Waals surface area contributed by atoms with Crippen LogP contribution < -0.4 is 21.6 Å². The molecule has 0 bridgehead atoms. The topological polar surface area (TPSA) is 94.0 Å². The zero-order chi connectivity index (χ0) is 20.8. The van der Waals surface area contributed by atoms with Crippen LogP contribution in [0.25, 0.3) is 11.0 Å². The SMILES string of the molecule is Cn1cnc2c(c(Nc3cccc(Cl)c3Cl)nn2N2CCC(C)(CN)CC2)c1=O. The van der Waals surface area contributed by atoms with Gasteiger partial charge in [0.15, 0.2) is 11.5 Å². The minimum absolute atomic E-state index is 0.123. The van der Waals surface area contributed by atoms with Gasteiger partial charge in [-0.2, -0.15) is 4.79 Å². The normalized spacial score (nSPS) is 16.4. The lowest BCUT2D eigenvalue weighted by Crippen LogP contribution is -2.47. The van der Waals surface area contributed by atoms with Gasteiger partial charge in [0.05, 0.1) is 22.1 Å². The third-order valence-electron chi connectivity index (χ3n) is 5.64. The highest BCUT2D eigenvalue weighted by Gasteiger charge is 2.31. The number of piperidine rings is 1. The maximum atomic E-state index is 12.9. The molecular formula is C19H23Cl2N7O. The van der Waals surface area contributed by atoms with E-state index in [-0.39, 0.29) is 11.0 Å². The zero-order valence-corrected chi connectivity index (χ0v) is 17.8. The predicted molar refractivity (Wildman–Crippen MR) is 117 cm³/mol. The van der Waals surface area contributed by atoms with Gasteiger partial charge in [0.2, 0.25) is 0 Å². The first-order valence-corrected chi connectivity index (χ1v) is 10.2. The third kappa shape index (κ3) is 3.56. The van der Waals surface area contributed by atoms with Crippen LogP contribution in [0.5, 0.6) is 0 Å². The minimum atomic E-state index is -0.189. The summed E-state index contributed by atoms with van der Waals surface area (Å²) >= 11 is 12.4. The first-order chi connectivity index (χ1) is 13.8. The van der Waals surface area contributed by atoms with E-state index in [2.05, 4.69) is 27.3 Å². The molecule has 0 aliphatic carbocycles. The van der Waals surface area contributed by atoms with Crippen molar-refractivity contribution in [2.45, 2.75) is 19.8 Å². The van der Waals surface area contributed by atoms with Crippen molar-refractivity contribution in [2.75, 3.05) is 30.0 Å². The van der Waals surface area contributed by atoms with E-state index in [9.17, 15) is 4.79 Å². The Morgan fingerprint density at radius 3 is 2.69 bits per heavy atom. The molecule has 3 aromatic rings. The number of nitrogens with one attached hydrogen (secondary N) is 1. The zero-order valence-electron chi connectivity index (χ0n) is 16.3. The Kier molecular flexibility index (Phi) is 5.18. The maximum absolute atomic E-state index is 12.9. The van der Waals surface area contributed by atoms with E-state index in [0.29, 0.717) is 39.1 Å². The van der Waals surface area contributed by atoms with Gasteiger partial charge in [-0.3, -0.25) is 9.80 Å². The molecule has 0 amide bonds. The molecule has 0 atom stereocenters. The second kappa shape index (κ2) is 7.51. The lowest BCUT2D eigenvalue weighted by Gasteiger charge is -2.39. The fourth-order valence-electron chi connectivity index (χ4n) is 3.52. The van der Waals surface area contributed by atoms with Crippen molar-refractivity contribution in [2.24, 2.45) is 18.2 Å². The molecule has 1 saturated heterocycles. The van der Waals surface area contributed by atoms with Crippen LogP contribution in [0.2, 0.25) is 10.0 Å². The number of halogens is 2. The Morgan fingerprint density at radius 2 is 2.00 bits per heavy atom. The molecule has 154 valence electrons. The smallest absolute Gasteiger partial charge is 0.266 e. The molecule has 8 nitrogen and oxygen atoms in total. The van der Waals surface area contributed by atoms with Crippen molar-refractivity contribution in [3.63, 3.8) is 0 Å². The van der Waals surface area contributed by atoms with Gasteiger partial charge in [0.25, 0.3) is 5.56 Å². The van der Waals surface area contributed by atoms with Crippen molar-refractivity contribution >= 4 is 45.7 Å². The summed E-state index contributed by atoms with van der Waals surface area (Å²) in [6.45, 7) is 4.41. The maximum Gasteiger partial charge on any atom is 0.266 e. The lowest BCUT2D eigenvalue weighted by atomic mass is 9.81. The number of anilines is 2. The monoisotopic (exact) mass is 435 g/mol. The summed E-state index contributed by atoms with van der Waals surface area (Å²) in [6, 6.07) is 5.27. The first-order valence-electron chi connectivity index (χ1n) is 9.44. The summed E-state index contributed by atoms with van der Waals surface area (Å²) in [6.07, 6.45) is 3.39. The Labute approximate surface area is 178 Å². The summed E-state index contributed by atoms with van der Waals surface area (Å²) in [7, 11) is 1.66. The van der Waals surface area contributed by atoms with E-state index in [4.69, 9.17) is 28.9 Å². The molecule has 2 aromatic heterocycles. The number of hydrogen-bond acceptors (Lipinski definition) is 6. The number of nitrogens with two attached hydrogens (primary N) is 1. The number of aromatic nitrogens is 4. The lowest BCUT2D eigenvalue weighted by molar-refractivity contribution is 0.235. The summed E-state index contributed by atoms with van der Waals surface area (Å²) < 4.78 is 1.43. The van der Waals surface area contributed by atoms with Gasteiger partial charge in [-0.15, -0.1) is 5.10 Å². The Balaban J connectivity index is 1.78. The van der Waals surface area contributed by atoms with E-state index in [1.54, 1.807) is 30.0 Å². The molecule has 0 unspecified atom stereocenters. The molecule has 29 heavy (non-hydrogen) atoms. The molecule has 10 heteroatoms. The molecule has 1 fully saturated rings. The number of hydrogen-bond donors (Lipinski definition) is 2. The largest absolute Gasteiger partial charge is 0.337 e. The number of benzene rings is 1. The van der Waals surface area contributed by atoms with E-state index < -0.39 is 0 Å². The molecular weight excluding hydrogens is 413 g/mol. The van der Waals surface area contributed by atoms with Crippen LogP contribution in [0.15, 0.2) is 29.3 Å². The van der Waals surface area contributed by atoms with Crippen LogP contribution in [-0.2, 0) is 7.05 Å². The fourth-order valence-corrected chi connectivity index (χ4v) is 3.87. The van der Waals surface area contributed by atoms with Crippen LogP contribution in [-0.4, -0.2) is 39.1 Å². The van der Waals surface area contributed by atoms with Crippen LogP contribution in [0.3, 0.4) is 0 Å². The average Bonchev–Trinajstić information content (AvgIpc) is 3.08. The van der Waals surface area contributed by atoms with Crippen molar-refractivity contribution < 1.29 is 0 Å². The van der Waals surface area contributed by atoms with Crippen LogP contribution in [0, 0.1) is 5.41 Å². The second-order valence-corrected chi connectivity index (χ2v) is 8.58. The van der Waals surface area contributed by atoms with Crippen LogP contribution >= 0.6 is 23.2 Å². The molecule has 0 saturated carbocycles. The molecule has 1 aliphatic heterocycles. The fraction of sp³-hybridized carbons (Fsp3) is 0.421. The Bertz CT molecular complexity index is 1120. The van der Waals surface area contributed by atoms with Crippen molar-refractivity contribution in [1.29, 1.82) is 0 Å². The molecule has 1 aromatic carbocycles. The van der Waals surface area contributed by atoms with Gasteiger partial charge < -0.3 is 15.6 Å². The second-order valence-electron chi connectivity index (χ2n) is 7.79. The molecule has 4 rings (SSSR count). The number of rotatable bonds is 4. The van der Waals surface area contributed by atoms with E-state index in [1.165, 1.54) is 10.9 Å². The highest BCUT2D eigenvalue weighted by atomic mass is 35.5. The van der Waals surface area contributed by atoms with Crippen LogP contribution in [0.1, 0.15) is 19.8 Å². The predicted octanol–water partition coefficient (Wildman–Crippen LogP) is 2.88. The average molecular weight is 436 g/mol. The number of fused-ring (bicyclic) bond motifs is 1. The van der Waals surface area contributed by atoms with Gasteiger partial charge >= 0.3 is 0 Å². The van der Waals surface area contributed by atoms with E-state index in [0.717, 1.165) is 25.9 Å². The van der Waals surface area contributed by atoms with Gasteiger partial charge in [0, 0.05) is 20.1 Å². The summed E-state index contributed by atoms with van der Waals surface area (Å²) in [5.74, 6) is 0.394. The molecule has 1 aliphatic rings. The highest BCUT2D eigenvalue weighted by Crippen LogP contribution is 2.33. The van der Waals surface area contributed by atoms with Gasteiger partial charge in [0.1, 0.15) is 5.39 Å². The van der Waals surface area contributed by atoms with E-state index >= 15 is 0 Å². The van der Waals surface area contributed by atoms with Crippen molar-refractivity contribution in [3.05, 3.63) is 44.9 Å². The van der Waals surface area contributed by atoms with Gasteiger partial charge in [-0.25, -0.2) is 4.98 Å². The molecule has 0 spiro atoms. The summed E-state index contributed by atoms with van der Waals surface area (Å²) in [5.41, 5.74) is 6.95. The van der Waals surface area contributed by atoms with Crippen molar-refractivity contribution in [3.8, 4) is 0 Å². The standard InChI is InChI=1S/C19H23Cl2N7O/c1-19(10-22)6-8-27(9-7-19)28-17-14(18(29)26(2)11-23-17)16(25-28)24-13-5-3-4-12(20)15(13)21/h3-5,11H,6-10,22H2,1-2H3,(H,24,25).